The average Bonchev–Trinajstić information content (AvgIpc) is 2.36. The van der Waals surface area contributed by atoms with Crippen LogP contribution in [-0.4, -0.2) is 28.4 Å². The van der Waals surface area contributed by atoms with Crippen molar-refractivity contribution in [1.82, 2.24) is 15.6 Å². The third-order valence-corrected chi connectivity index (χ3v) is 2.91. The molecule has 1 heterocycles. The Morgan fingerprint density at radius 3 is 2.52 bits per heavy atom. The summed E-state index contributed by atoms with van der Waals surface area (Å²) in [6.45, 7) is 7.22. The Kier molecular flexibility index (Phi) is 5.68. The van der Waals surface area contributed by atoms with Crippen LogP contribution < -0.4 is 21.9 Å². The largest absolute Gasteiger partial charge is 0.350 e. The second kappa shape index (κ2) is 6.86. The summed E-state index contributed by atoms with van der Waals surface area (Å²) in [5.74, 6) is 4.86. The van der Waals surface area contributed by atoms with Crippen molar-refractivity contribution in [2.45, 2.75) is 39.3 Å². The summed E-state index contributed by atoms with van der Waals surface area (Å²) >= 11 is 3.24. The SMILES string of the molecule is CC(NC(=O)c1cc(Br)cnc1NN)C(=O)NC(C)(C)C. The predicted molar refractivity (Wildman–Crippen MR) is 84.6 cm³/mol. The second-order valence-corrected chi connectivity index (χ2v) is 6.54. The standard InChI is InChI=1S/C13H20BrN5O2/c1-7(11(20)18-13(2,3)4)17-12(21)9-5-8(14)6-16-10(9)19-15/h5-7H,15H2,1-4H3,(H,16,19)(H,17,21)(H,18,20). The third-order valence-electron chi connectivity index (χ3n) is 2.47. The Balaban J connectivity index is 2.81. The van der Waals surface area contributed by atoms with E-state index in [9.17, 15) is 9.59 Å². The number of hydrazine groups is 1. The zero-order chi connectivity index (χ0) is 16.2. The Morgan fingerprint density at radius 2 is 2.00 bits per heavy atom. The fraction of sp³-hybridized carbons (Fsp3) is 0.462. The molecule has 0 radical (unpaired) electrons. The number of anilines is 1. The molecule has 0 aliphatic heterocycles. The van der Waals surface area contributed by atoms with Crippen LogP contribution in [0.3, 0.4) is 0 Å². The third kappa shape index (κ3) is 5.31. The molecule has 8 heteroatoms. The molecule has 1 atom stereocenters. The van der Waals surface area contributed by atoms with Gasteiger partial charge in [-0.25, -0.2) is 10.8 Å². The van der Waals surface area contributed by atoms with Crippen LogP contribution in [0.15, 0.2) is 16.7 Å². The van der Waals surface area contributed by atoms with E-state index in [0.717, 1.165) is 0 Å². The number of rotatable bonds is 4. The number of pyridine rings is 1. The molecule has 0 aliphatic carbocycles. The van der Waals surface area contributed by atoms with E-state index >= 15 is 0 Å². The Bertz CT molecular complexity index is 542. The summed E-state index contributed by atoms with van der Waals surface area (Å²) in [5.41, 5.74) is 2.24. The number of carbonyl (C=O) groups is 2. The van der Waals surface area contributed by atoms with Crippen molar-refractivity contribution in [3.05, 3.63) is 22.3 Å². The van der Waals surface area contributed by atoms with Gasteiger partial charge in [0, 0.05) is 16.2 Å². The van der Waals surface area contributed by atoms with Crippen LogP contribution in [0.2, 0.25) is 0 Å². The van der Waals surface area contributed by atoms with Gasteiger partial charge in [0.1, 0.15) is 6.04 Å². The minimum Gasteiger partial charge on any atom is -0.350 e. The number of nitrogen functional groups attached to an aromatic ring is 1. The lowest BCUT2D eigenvalue weighted by Crippen LogP contribution is -2.50. The van der Waals surface area contributed by atoms with E-state index in [2.05, 4.69) is 37.0 Å². The first kappa shape index (κ1) is 17.4. The monoisotopic (exact) mass is 357 g/mol. The van der Waals surface area contributed by atoms with Crippen molar-refractivity contribution in [3.8, 4) is 0 Å². The van der Waals surface area contributed by atoms with Gasteiger partial charge in [0.2, 0.25) is 5.91 Å². The molecule has 0 aliphatic rings. The molecule has 0 fully saturated rings. The van der Waals surface area contributed by atoms with Gasteiger partial charge in [0.15, 0.2) is 5.82 Å². The molecule has 2 amide bonds. The Hall–Kier alpha value is -1.67. The number of nitrogens with zero attached hydrogens (tertiary/aromatic N) is 1. The number of halogens is 1. The first-order valence-electron chi connectivity index (χ1n) is 6.39. The summed E-state index contributed by atoms with van der Waals surface area (Å²) in [7, 11) is 0. The second-order valence-electron chi connectivity index (χ2n) is 5.63. The highest BCUT2D eigenvalue weighted by Crippen LogP contribution is 2.17. The molecule has 1 rings (SSSR count). The summed E-state index contributed by atoms with van der Waals surface area (Å²) in [4.78, 5) is 28.2. The molecule has 0 saturated carbocycles. The van der Waals surface area contributed by atoms with Gasteiger partial charge in [0.05, 0.1) is 5.56 Å². The zero-order valence-corrected chi connectivity index (χ0v) is 14.0. The Labute approximate surface area is 132 Å². The highest BCUT2D eigenvalue weighted by molar-refractivity contribution is 9.10. The smallest absolute Gasteiger partial charge is 0.255 e. The number of nitrogens with one attached hydrogen (secondary N) is 3. The van der Waals surface area contributed by atoms with Crippen LogP contribution in [0.25, 0.3) is 0 Å². The van der Waals surface area contributed by atoms with Crippen molar-refractivity contribution in [3.63, 3.8) is 0 Å². The summed E-state index contributed by atoms with van der Waals surface area (Å²) in [5, 5.41) is 5.41. The van der Waals surface area contributed by atoms with E-state index in [1.165, 1.54) is 6.20 Å². The van der Waals surface area contributed by atoms with Gasteiger partial charge in [-0.1, -0.05) is 0 Å². The van der Waals surface area contributed by atoms with Crippen LogP contribution in [0.1, 0.15) is 38.1 Å². The molecule has 0 spiro atoms. The van der Waals surface area contributed by atoms with Crippen molar-refractivity contribution >= 4 is 33.6 Å². The first-order chi connectivity index (χ1) is 9.64. The molecule has 21 heavy (non-hydrogen) atoms. The number of amides is 2. The predicted octanol–water partition coefficient (Wildman–Crippen LogP) is 1.16. The van der Waals surface area contributed by atoms with Crippen LogP contribution in [0, 0.1) is 0 Å². The molecule has 0 bridgehead atoms. The van der Waals surface area contributed by atoms with Crippen molar-refractivity contribution < 1.29 is 9.59 Å². The number of hydrogen-bond donors (Lipinski definition) is 4. The topological polar surface area (TPSA) is 109 Å². The molecule has 1 aromatic rings. The van der Waals surface area contributed by atoms with Crippen molar-refractivity contribution in [1.29, 1.82) is 0 Å². The van der Waals surface area contributed by atoms with Crippen LogP contribution in [0.5, 0.6) is 0 Å². The van der Waals surface area contributed by atoms with E-state index in [1.807, 2.05) is 20.8 Å². The number of aromatic nitrogens is 1. The van der Waals surface area contributed by atoms with Crippen LogP contribution in [0.4, 0.5) is 5.82 Å². The lowest BCUT2D eigenvalue weighted by molar-refractivity contribution is -0.124. The maximum Gasteiger partial charge on any atom is 0.255 e. The minimum absolute atomic E-state index is 0.235. The highest BCUT2D eigenvalue weighted by atomic mass is 79.9. The number of hydrogen-bond acceptors (Lipinski definition) is 5. The summed E-state index contributed by atoms with van der Waals surface area (Å²) < 4.78 is 0.637. The summed E-state index contributed by atoms with van der Waals surface area (Å²) in [6.07, 6.45) is 1.52. The molecule has 116 valence electrons. The molecule has 5 N–H and O–H groups in total. The number of nitrogens with two attached hydrogens (primary N) is 1. The average molecular weight is 358 g/mol. The molecule has 0 saturated heterocycles. The van der Waals surface area contributed by atoms with E-state index in [0.29, 0.717) is 4.47 Å². The van der Waals surface area contributed by atoms with Gasteiger partial charge in [-0.15, -0.1) is 0 Å². The minimum atomic E-state index is -0.679. The Morgan fingerprint density at radius 1 is 1.38 bits per heavy atom. The van der Waals surface area contributed by atoms with E-state index < -0.39 is 11.9 Å². The lowest BCUT2D eigenvalue weighted by Gasteiger charge is -2.23. The maximum absolute atomic E-state index is 12.2. The van der Waals surface area contributed by atoms with Crippen molar-refractivity contribution in [2.75, 3.05) is 5.43 Å². The van der Waals surface area contributed by atoms with Gasteiger partial charge in [-0.05, 0) is 49.7 Å². The van der Waals surface area contributed by atoms with Crippen molar-refractivity contribution in [2.24, 2.45) is 5.84 Å². The lowest BCUT2D eigenvalue weighted by atomic mass is 10.1. The van der Waals surface area contributed by atoms with Gasteiger partial charge >= 0.3 is 0 Å². The normalized spacial score (nSPS) is 12.5. The zero-order valence-electron chi connectivity index (χ0n) is 12.5. The molecule has 7 nitrogen and oxygen atoms in total. The molecule has 0 aromatic carbocycles. The highest BCUT2D eigenvalue weighted by Gasteiger charge is 2.22. The fourth-order valence-corrected chi connectivity index (χ4v) is 1.88. The van der Waals surface area contributed by atoms with Gasteiger partial charge < -0.3 is 16.1 Å². The van der Waals surface area contributed by atoms with Gasteiger partial charge in [0.25, 0.3) is 5.91 Å². The van der Waals surface area contributed by atoms with E-state index in [-0.39, 0.29) is 22.8 Å². The molecule has 1 aromatic heterocycles. The van der Waals surface area contributed by atoms with E-state index in [4.69, 9.17) is 5.84 Å². The maximum atomic E-state index is 12.2. The summed E-state index contributed by atoms with van der Waals surface area (Å²) in [6, 6.07) is 0.896. The first-order valence-corrected chi connectivity index (χ1v) is 7.18. The fourth-order valence-electron chi connectivity index (χ4n) is 1.55. The van der Waals surface area contributed by atoms with Crippen LogP contribution >= 0.6 is 15.9 Å². The molecular weight excluding hydrogens is 338 g/mol. The quantitative estimate of drug-likeness (QED) is 0.477. The van der Waals surface area contributed by atoms with Gasteiger partial charge in [-0.2, -0.15) is 0 Å². The molecule has 1 unspecified atom stereocenters. The van der Waals surface area contributed by atoms with Gasteiger partial charge in [-0.3, -0.25) is 9.59 Å². The van der Waals surface area contributed by atoms with E-state index in [1.54, 1.807) is 13.0 Å². The molecular formula is C13H20BrN5O2. The van der Waals surface area contributed by atoms with Crippen LogP contribution in [-0.2, 0) is 4.79 Å². The number of carbonyl (C=O) groups excluding carboxylic acids is 2.